The largest absolute Gasteiger partial charge is 0.357 e. The van der Waals surface area contributed by atoms with Crippen LogP contribution in [0.5, 0.6) is 0 Å². The van der Waals surface area contributed by atoms with E-state index in [1.807, 2.05) is 11.7 Å². The van der Waals surface area contributed by atoms with E-state index in [1.54, 1.807) is 11.3 Å². The molecule has 1 atom stereocenters. The molecule has 8 heteroatoms. The molecule has 0 fully saturated rings. The highest BCUT2D eigenvalue weighted by atomic mass is 127. The molecule has 1 unspecified atom stereocenters. The summed E-state index contributed by atoms with van der Waals surface area (Å²) in [5.41, 5.74) is 4.74. The number of nitrogens with zero attached hydrogens (tertiary/aromatic N) is 4. The predicted molar refractivity (Wildman–Crippen MR) is 130 cm³/mol. The molecule has 0 radical (unpaired) electrons. The molecule has 0 aliphatic rings. The van der Waals surface area contributed by atoms with Crippen LogP contribution in [-0.2, 0) is 25.4 Å². The third-order valence-corrected chi connectivity index (χ3v) is 5.81. The highest BCUT2D eigenvalue weighted by molar-refractivity contribution is 14.0. The molecule has 2 aromatic heterocycles. The van der Waals surface area contributed by atoms with Gasteiger partial charge in [0.1, 0.15) is 0 Å². The molecule has 0 aliphatic carbocycles. The molecule has 2 rings (SSSR count). The van der Waals surface area contributed by atoms with Crippen LogP contribution in [0.15, 0.2) is 10.4 Å². The summed E-state index contributed by atoms with van der Waals surface area (Å²) in [5, 5.41) is 14.6. The van der Waals surface area contributed by atoms with E-state index in [2.05, 4.69) is 69.6 Å². The van der Waals surface area contributed by atoms with Crippen molar-refractivity contribution in [3.8, 4) is 0 Å². The van der Waals surface area contributed by atoms with Gasteiger partial charge in [-0.05, 0) is 39.7 Å². The number of aryl methyl sites for hydroxylation is 2. The standard InChI is InChI=1S/C20H34N6S.HI/c1-9-21-19(22-11-16-12-27-18(24-16)20(5,6)7)23-13(2)10-17-14(3)25-26(8)15(17)4;/h12-13H,9-11H2,1-8H3,(H2,21,22,23);1H. The first-order valence-corrected chi connectivity index (χ1v) is 10.5. The summed E-state index contributed by atoms with van der Waals surface area (Å²) < 4.78 is 1.95. The molecule has 6 nitrogen and oxygen atoms in total. The maximum Gasteiger partial charge on any atom is 0.191 e. The highest BCUT2D eigenvalue weighted by Gasteiger charge is 2.18. The van der Waals surface area contributed by atoms with Gasteiger partial charge in [0.05, 0.1) is 22.9 Å². The Morgan fingerprint density at radius 3 is 2.50 bits per heavy atom. The quantitative estimate of drug-likeness (QED) is 0.344. The number of rotatable bonds is 6. The zero-order valence-electron chi connectivity index (χ0n) is 18.4. The first kappa shape index (κ1) is 24.9. The van der Waals surface area contributed by atoms with E-state index >= 15 is 0 Å². The first-order valence-electron chi connectivity index (χ1n) is 9.60. The molecule has 158 valence electrons. The Labute approximate surface area is 190 Å². The molecular weight excluding hydrogens is 483 g/mol. The Hall–Kier alpha value is -1.16. The lowest BCUT2D eigenvalue weighted by atomic mass is 9.98. The van der Waals surface area contributed by atoms with Crippen molar-refractivity contribution >= 4 is 41.3 Å². The second-order valence-corrected chi connectivity index (χ2v) is 8.97. The van der Waals surface area contributed by atoms with E-state index in [0.29, 0.717) is 6.54 Å². The maximum atomic E-state index is 4.73. The van der Waals surface area contributed by atoms with Gasteiger partial charge in [0.15, 0.2) is 5.96 Å². The molecule has 0 spiro atoms. The van der Waals surface area contributed by atoms with Gasteiger partial charge in [-0.3, -0.25) is 4.68 Å². The lowest BCUT2D eigenvalue weighted by Crippen LogP contribution is -2.43. The molecule has 2 aromatic rings. The second-order valence-electron chi connectivity index (χ2n) is 8.11. The van der Waals surface area contributed by atoms with Crippen molar-refractivity contribution in [3.05, 3.63) is 33.0 Å². The average molecular weight is 519 g/mol. The minimum absolute atomic E-state index is 0. The summed E-state index contributed by atoms with van der Waals surface area (Å²) in [5.74, 6) is 0.828. The number of aromatic nitrogens is 3. The summed E-state index contributed by atoms with van der Waals surface area (Å²) in [6.45, 7) is 16.4. The zero-order valence-corrected chi connectivity index (χ0v) is 21.5. The van der Waals surface area contributed by atoms with Gasteiger partial charge in [0.25, 0.3) is 0 Å². The summed E-state index contributed by atoms with van der Waals surface area (Å²) in [6, 6.07) is 0.255. The van der Waals surface area contributed by atoms with Crippen molar-refractivity contribution in [2.75, 3.05) is 6.54 Å². The van der Waals surface area contributed by atoms with Gasteiger partial charge in [-0.2, -0.15) is 5.10 Å². The van der Waals surface area contributed by atoms with Crippen LogP contribution in [0.3, 0.4) is 0 Å². The van der Waals surface area contributed by atoms with Crippen molar-refractivity contribution in [1.82, 2.24) is 25.4 Å². The van der Waals surface area contributed by atoms with Crippen molar-refractivity contribution in [1.29, 1.82) is 0 Å². The zero-order chi connectivity index (χ0) is 20.2. The minimum atomic E-state index is 0. The van der Waals surface area contributed by atoms with Gasteiger partial charge < -0.3 is 10.6 Å². The summed E-state index contributed by atoms with van der Waals surface area (Å²) in [6.07, 6.45) is 0.917. The summed E-state index contributed by atoms with van der Waals surface area (Å²) >= 11 is 1.71. The van der Waals surface area contributed by atoms with Crippen LogP contribution in [-0.4, -0.2) is 33.3 Å². The Morgan fingerprint density at radius 1 is 1.32 bits per heavy atom. The van der Waals surface area contributed by atoms with E-state index < -0.39 is 0 Å². The van der Waals surface area contributed by atoms with Gasteiger partial charge in [0, 0.05) is 36.1 Å². The van der Waals surface area contributed by atoms with E-state index in [4.69, 9.17) is 9.98 Å². The summed E-state index contributed by atoms with van der Waals surface area (Å²) in [4.78, 5) is 9.46. The van der Waals surface area contributed by atoms with E-state index in [9.17, 15) is 0 Å². The molecule has 0 aliphatic heterocycles. The SMILES string of the molecule is CCNC(=NCc1csc(C(C)(C)C)n1)NC(C)Cc1c(C)nn(C)c1C.I. The number of aliphatic imine (C=N–C) groups is 1. The third-order valence-electron chi connectivity index (χ3n) is 4.49. The molecule has 28 heavy (non-hydrogen) atoms. The predicted octanol–water partition coefficient (Wildman–Crippen LogP) is 4.10. The second kappa shape index (κ2) is 10.6. The Balaban J connectivity index is 0.00000392. The number of halogens is 1. The molecular formula is C20H35IN6S. The van der Waals surface area contributed by atoms with Gasteiger partial charge in [0.2, 0.25) is 0 Å². The number of guanidine groups is 1. The minimum Gasteiger partial charge on any atom is -0.357 e. The molecule has 0 saturated heterocycles. The van der Waals surface area contributed by atoms with Crippen molar-refractivity contribution in [3.63, 3.8) is 0 Å². The highest BCUT2D eigenvalue weighted by Crippen LogP contribution is 2.25. The lowest BCUT2D eigenvalue weighted by molar-refractivity contribution is 0.583. The van der Waals surface area contributed by atoms with Crippen molar-refractivity contribution < 1.29 is 0 Å². The number of hydrogen-bond donors (Lipinski definition) is 2. The topological polar surface area (TPSA) is 67.1 Å². The number of hydrogen-bond acceptors (Lipinski definition) is 4. The first-order chi connectivity index (χ1) is 12.6. The van der Waals surface area contributed by atoms with Gasteiger partial charge >= 0.3 is 0 Å². The molecule has 0 aromatic carbocycles. The van der Waals surface area contributed by atoms with Crippen LogP contribution in [0.25, 0.3) is 0 Å². The van der Waals surface area contributed by atoms with Crippen LogP contribution in [0.2, 0.25) is 0 Å². The molecule has 0 bridgehead atoms. The Kier molecular flexibility index (Phi) is 9.39. The van der Waals surface area contributed by atoms with Crippen LogP contribution in [0, 0.1) is 13.8 Å². The molecule has 0 amide bonds. The van der Waals surface area contributed by atoms with Crippen LogP contribution in [0.4, 0.5) is 0 Å². The van der Waals surface area contributed by atoms with Crippen molar-refractivity contribution in [2.45, 2.75) is 72.9 Å². The van der Waals surface area contributed by atoms with Gasteiger partial charge in [-0.1, -0.05) is 20.8 Å². The van der Waals surface area contributed by atoms with Crippen LogP contribution in [0.1, 0.15) is 62.3 Å². The van der Waals surface area contributed by atoms with E-state index in [0.717, 1.165) is 35.3 Å². The molecule has 0 saturated carbocycles. The van der Waals surface area contributed by atoms with Crippen LogP contribution >= 0.6 is 35.3 Å². The van der Waals surface area contributed by atoms with Crippen LogP contribution < -0.4 is 10.6 Å². The third kappa shape index (κ3) is 6.72. The van der Waals surface area contributed by atoms with Crippen molar-refractivity contribution in [2.24, 2.45) is 12.0 Å². The molecule has 2 N–H and O–H groups in total. The molecule has 2 heterocycles. The van der Waals surface area contributed by atoms with E-state index in [1.165, 1.54) is 11.3 Å². The smallest absolute Gasteiger partial charge is 0.191 e. The fraction of sp³-hybridized carbons (Fsp3) is 0.650. The Bertz CT molecular complexity index is 787. The van der Waals surface area contributed by atoms with E-state index in [-0.39, 0.29) is 35.4 Å². The van der Waals surface area contributed by atoms with Gasteiger partial charge in [-0.15, -0.1) is 35.3 Å². The lowest BCUT2D eigenvalue weighted by Gasteiger charge is -2.18. The number of nitrogens with one attached hydrogen (secondary N) is 2. The fourth-order valence-electron chi connectivity index (χ4n) is 2.91. The maximum absolute atomic E-state index is 4.73. The average Bonchev–Trinajstić information content (AvgIpc) is 3.14. The Morgan fingerprint density at radius 2 is 2.00 bits per heavy atom. The van der Waals surface area contributed by atoms with Gasteiger partial charge in [-0.25, -0.2) is 9.98 Å². The summed E-state index contributed by atoms with van der Waals surface area (Å²) in [7, 11) is 2.00. The number of thiazole rings is 1. The monoisotopic (exact) mass is 518 g/mol. The fourth-order valence-corrected chi connectivity index (χ4v) is 3.81. The normalized spacial score (nSPS) is 13.2.